The predicted octanol–water partition coefficient (Wildman–Crippen LogP) is 5.78. The Morgan fingerprint density at radius 1 is 0.957 bits per heavy atom. The molecule has 2 heteroatoms. The summed E-state index contributed by atoms with van der Waals surface area (Å²) in [5, 5.41) is 0. The second-order valence-corrected chi connectivity index (χ2v) is 6.14. The van der Waals surface area contributed by atoms with Gasteiger partial charge < -0.3 is 4.74 Å². The van der Waals surface area contributed by atoms with Gasteiger partial charge in [0.25, 0.3) is 0 Å². The number of hydrogen-bond donors (Lipinski definition) is 0. The molecule has 0 spiro atoms. The van der Waals surface area contributed by atoms with E-state index < -0.39 is 0 Å². The van der Waals surface area contributed by atoms with Crippen LogP contribution >= 0.6 is 0 Å². The number of rotatable bonds is 10. The van der Waals surface area contributed by atoms with Crippen LogP contribution in [0.5, 0.6) is 5.88 Å². The fourth-order valence-electron chi connectivity index (χ4n) is 2.78. The van der Waals surface area contributed by atoms with Crippen molar-refractivity contribution in [2.45, 2.75) is 58.3 Å². The van der Waals surface area contributed by atoms with E-state index in [1.807, 2.05) is 18.2 Å². The van der Waals surface area contributed by atoms with Gasteiger partial charge in [0.15, 0.2) is 0 Å². The molecule has 0 saturated carbocycles. The average molecular weight is 311 g/mol. The maximum Gasteiger partial charge on any atom is 0.213 e. The Hall–Kier alpha value is -1.83. The highest BCUT2D eigenvalue weighted by Crippen LogP contribution is 2.22. The Kier molecular flexibility index (Phi) is 7.65. The van der Waals surface area contributed by atoms with Crippen LogP contribution in [-0.4, -0.2) is 11.6 Å². The standard InChI is InChI=1S/C21H29NO/c1-3-5-6-7-10-18-12-14-20(15-13-18)19(4-2)17-23-21-11-8-9-16-22-21/h8-9,11-16,19H,3-7,10,17H2,1-2H3. The summed E-state index contributed by atoms with van der Waals surface area (Å²) >= 11 is 0. The maximum atomic E-state index is 5.82. The normalized spacial score (nSPS) is 12.1. The van der Waals surface area contributed by atoms with Gasteiger partial charge in [0.2, 0.25) is 5.88 Å². The first kappa shape index (κ1) is 17.5. The number of aryl methyl sites for hydroxylation is 1. The fourth-order valence-corrected chi connectivity index (χ4v) is 2.78. The molecule has 1 aromatic carbocycles. The van der Waals surface area contributed by atoms with Gasteiger partial charge in [0.05, 0.1) is 6.61 Å². The minimum absolute atomic E-state index is 0.422. The van der Waals surface area contributed by atoms with Gasteiger partial charge in [-0.05, 0) is 36.5 Å². The zero-order valence-electron chi connectivity index (χ0n) is 14.5. The van der Waals surface area contributed by atoms with Crippen molar-refractivity contribution < 1.29 is 4.74 Å². The molecule has 2 rings (SSSR count). The molecule has 0 saturated heterocycles. The predicted molar refractivity (Wildman–Crippen MR) is 97.1 cm³/mol. The smallest absolute Gasteiger partial charge is 0.213 e. The van der Waals surface area contributed by atoms with Crippen molar-refractivity contribution in [1.29, 1.82) is 0 Å². The molecule has 1 aromatic heterocycles. The monoisotopic (exact) mass is 311 g/mol. The maximum absolute atomic E-state index is 5.82. The molecule has 0 bridgehead atoms. The van der Waals surface area contributed by atoms with Crippen molar-refractivity contribution >= 4 is 0 Å². The summed E-state index contributed by atoms with van der Waals surface area (Å²) in [4.78, 5) is 4.22. The van der Waals surface area contributed by atoms with Crippen molar-refractivity contribution in [2.24, 2.45) is 0 Å². The van der Waals surface area contributed by atoms with Gasteiger partial charge in [0, 0.05) is 18.2 Å². The van der Waals surface area contributed by atoms with E-state index in [2.05, 4.69) is 43.1 Å². The van der Waals surface area contributed by atoms with Crippen LogP contribution in [0.25, 0.3) is 0 Å². The van der Waals surface area contributed by atoms with Crippen LogP contribution in [0.15, 0.2) is 48.7 Å². The van der Waals surface area contributed by atoms with Gasteiger partial charge in [-0.25, -0.2) is 4.98 Å². The van der Waals surface area contributed by atoms with Crippen molar-refractivity contribution in [1.82, 2.24) is 4.98 Å². The summed E-state index contributed by atoms with van der Waals surface area (Å²) < 4.78 is 5.82. The van der Waals surface area contributed by atoms with E-state index in [1.165, 1.54) is 43.2 Å². The lowest BCUT2D eigenvalue weighted by Gasteiger charge is -2.16. The molecule has 0 amide bonds. The lowest BCUT2D eigenvalue weighted by Crippen LogP contribution is -2.10. The van der Waals surface area contributed by atoms with Crippen LogP contribution in [0.2, 0.25) is 0 Å². The highest BCUT2D eigenvalue weighted by atomic mass is 16.5. The molecule has 0 aliphatic rings. The van der Waals surface area contributed by atoms with Gasteiger partial charge >= 0.3 is 0 Å². The summed E-state index contributed by atoms with van der Waals surface area (Å²) in [5.74, 6) is 1.13. The largest absolute Gasteiger partial charge is 0.477 e. The van der Waals surface area contributed by atoms with E-state index in [0.29, 0.717) is 18.4 Å². The minimum atomic E-state index is 0.422. The van der Waals surface area contributed by atoms with Gasteiger partial charge in [-0.1, -0.05) is 63.4 Å². The highest BCUT2D eigenvalue weighted by Gasteiger charge is 2.10. The van der Waals surface area contributed by atoms with E-state index in [4.69, 9.17) is 4.74 Å². The Balaban J connectivity index is 1.85. The number of nitrogens with zero attached hydrogens (tertiary/aromatic N) is 1. The number of benzene rings is 1. The lowest BCUT2D eigenvalue weighted by molar-refractivity contribution is 0.274. The summed E-state index contributed by atoms with van der Waals surface area (Å²) in [6.45, 7) is 5.15. The second kappa shape index (κ2) is 10.0. The molecule has 1 unspecified atom stereocenters. The minimum Gasteiger partial charge on any atom is -0.477 e. The third-order valence-electron chi connectivity index (χ3n) is 4.33. The zero-order valence-corrected chi connectivity index (χ0v) is 14.5. The molecule has 0 fully saturated rings. The lowest BCUT2D eigenvalue weighted by atomic mass is 9.95. The number of unbranched alkanes of at least 4 members (excludes halogenated alkanes) is 3. The first-order chi connectivity index (χ1) is 11.3. The first-order valence-corrected chi connectivity index (χ1v) is 8.96. The Bertz CT molecular complexity index is 536. The quantitative estimate of drug-likeness (QED) is 0.519. The third-order valence-corrected chi connectivity index (χ3v) is 4.33. The molecule has 0 aliphatic carbocycles. The molecule has 0 radical (unpaired) electrons. The van der Waals surface area contributed by atoms with Crippen molar-refractivity contribution in [2.75, 3.05) is 6.61 Å². The molecule has 2 aromatic rings. The molecule has 0 aliphatic heterocycles. The number of aromatic nitrogens is 1. The third kappa shape index (κ3) is 6.05. The van der Waals surface area contributed by atoms with E-state index >= 15 is 0 Å². The Morgan fingerprint density at radius 2 is 1.78 bits per heavy atom. The summed E-state index contributed by atoms with van der Waals surface area (Å²) in [5.41, 5.74) is 2.81. The highest BCUT2D eigenvalue weighted by molar-refractivity contribution is 5.26. The van der Waals surface area contributed by atoms with Crippen LogP contribution < -0.4 is 4.74 Å². The van der Waals surface area contributed by atoms with Gasteiger partial charge in [0.1, 0.15) is 0 Å². The molecule has 124 valence electrons. The number of hydrogen-bond acceptors (Lipinski definition) is 2. The number of ether oxygens (including phenoxy) is 1. The van der Waals surface area contributed by atoms with E-state index in [-0.39, 0.29) is 0 Å². The van der Waals surface area contributed by atoms with Gasteiger partial charge in [-0.2, -0.15) is 0 Å². The molecule has 0 N–H and O–H groups in total. The van der Waals surface area contributed by atoms with Crippen LogP contribution in [0.4, 0.5) is 0 Å². The zero-order chi connectivity index (χ0) is 16.3. The molecular weight excluding hydrogens is 282 g/mol. The molecule has 2 nitrogen and oxygen atoms in total. The van der Waals surface area contributed by atoms with Crippen LogP contribution in [0.3, 0.4) is 0 Å². The fraction of sp³-hybridized carbons (Fsp3) is 0.476. The molecule has 1 atom stereocenters. The van der Waals surface area contributed by atoms with Crippen molar-refractivity contribution in [3.8, 4) is 5.88 Å². The SMILES string of the molecule is CCCCCCc1ccc(C(CC)COc2ccccn2)cc1. The van der Waals surface area contributed by atoms with E-state index in [9.17, 15) is 0 Å². The average Bonchev–Trinajstić information content (AvgIpc) is 2.61. The van der Waals surface area contributed by atoms with Crippen molar-refractivity contribution in [3.05, 3.63) is 59.8 Å². The summed E-state index contributed by atoms with van der Waals surface area (Å²) in [7, 11) is 0. The van der Waals surface area contributed by atoms with Crippen LogP contribution in [0.1, 0.15) is 63.0 Å². The van der Waals surface area contributed by atoms with Crippen LogP contribution in [0, 0.1) is 0 Å². The summed E-state index contributed by atoms with van der Waals surface area (Å²) in [6.07, 6.45) is 9.32. The molecule has 23 heavy (non-hydrogen) atoms. The topological polar surface area (TPSA) is 22.1 Å². The summed E-state index contributed by atoms with van der Waals surface area (Å²) in [6, 6.07) is 14.9. The van der Waals surface area contributed by atoms with Crippen LogP contribution in [-0.2, 0) is 6.42 Å². The van der Waals surface area contributed by atoms with E-state index in [1.54, 1.807) is 6.20 Å². The molecular formula is C21H29NO. The van der Waals surface area contributed by atoms with Gasteiger partial charge in [-0.15, -0.1) is 0 Å². The van der Waals surface area contributed by atoms with E-state index in [0.717, 1.165) is 6.42 Å². The first-order valence-electron chi connectivity index (χ1n) is 8.96. The second-order valence-electron chi connectivity index (χ2n) is 6.14. The Labute approximate surface area is 140 Å². The molecule has 1 heterocycles. The van der Waals surface area contributed by atoms with Gasteiger partial charge in [-0.3, -0.25) is 0 Å². The van der Waals surface area contributed by atoms with Crippen molar-refractivity contribution in [3.63, 3.8) is 0 Å². The number of pyridine rings is 1. The Morgan fingerprint density at radius 3 is 2.43 bits per heavy atom.